The number of hydrogen-bond donors (Lipinski definition) is 1. The van der Waals surface area contributed by atoms with Gasteiger partial charge in [0.25, 0.3) is 0 Å². The molecule has 18 heavy (non-hydrogen) atoms. The van der Waals surface area contributed by atoms with Crippen LogP contribution in [0.4, 0.5) is 10.1 Å². The molecule has 3 heteroatoms. The first-order valence-electron chi connectivity index (χ1n) is 6.88. The topological polar surface area (TPSA) is 23.5 Å². The molecule has 1 aliphatic heterocycles. The summed E-state index contributed by atoms with van der Waals surface area (Å²) in [5, 5.41) is 9.83. The Balaban J connectivity index is 2.41. The van der Waals surface area contributed by atoms with Gasteiger partial charge in [-0.1, -0.05) is 19.1 Å². The highest BCUT2D eigenvalue weighted by Crippen LogP contribution is 2.34. The predicted molar refractivity (Wildman–Crippen MR) is 72.3 cm³/mol. The Bertz CT molecular complexity index is 405. The van der Waals surface area contributed by atoms with Gasteiger partial charge >= 0.3 is 0 Å². The summed E-state index contributed by atoms with van der Waals surface area (Å²) in [5.41, 5.74) is 1.31. The first-order chi connectivity index (χ1) is 8.65. The Kier molecular flexibility index (Phi) is 4.23. The lowest BCUT2D eigenvalue weighted by molar-refractivity contribution is 0.198. The van der Waals surface area contributed by atoms with Gasteiger partial charge < -0.3 is 10.0 Å². The zero-order valence-electron chi connectivity index (χ0n) is 11.2. The lowest BCUT2D eigenvalue weighted by Gasteiger charge is -2.38. The molecule has 1 aliphatic rings. The molecule has 0 bridgehead atoms. The molecule has 1 aromatic rings. The maximum absolute atomic E-state index is 14.2. The van der Waals surface area contributed by atoms with E-state index in [1.807, 2.05) is 6.07 Å². The molecule has 0 radical (unpaired) electrons. The Morgan fingerprint density at radius 3 is 2.89 bits per heavy atom. The van der Waals surface area contributed by atoms with Crippen LogP contribution in [-0.2, 0) is 0 Å². The van der Waals surface area contributed by atoms with Crippen LogP contribution in [0, 0.1) is 5.82 Å². The highest BCUT2D eigenvalue weighted by molar-refractivity contribution is 5.56. The molecule has 0 aromatic heterocycles. The van der Waals surface area contributed by atoms with Gasteiger partial charge in [-0.15, -0.1) is 0 Å². The number of halogens is 1. The number of rotatable bonds is 3. The molecule has 0 aliphatic carbocycles. The minimum atomic E-state index is -0.630. The van der Waals surface area contributed by atoms with Gasteiger partial charge in [-0.25, -0.2) is 4.39 Å². The molecule has 1 saturated heterocycles. The first-order valence-corrected chi connectivity index (χ1v) is 6.88. The maximum atomic E-state index is 14.2. The summed E-state index contributed by atoms with van der Waals surface area (Å²) in [6.45, 7) is 4.73. The van der Waals surface area contributed by atoms with Crippen molar-refractivity contribution in [1.82, 2.24) is 0 Å². The average Bonchev–Trinajstić information content (AvgIpc) is 2.38. The van der Waals surface area contributed by atoms with Crippen LogP contribution >= 0.6 is 0 Å². The molecular weight excluding hydrogens is 229 g/mol. The van der Waals surface area contributed by atoms with Crippen LogP contribution in [-0.4, -0.2) is 17.7 Å². The summed E-state index contributed by atoms with van der Waals surface area (Å²) in [6, 6.07) is 5.38. The van der Waals surface area contributed by atoms with Crippen LogP contribution in [0.1, 0.15) is 51.2 Å². The van der Waals surface area contributed by atoms with Crippen molar-refractivity contribution in [3.63, 3.8) is 0 Å². The van der Waals surface area contributed by atoms with Crippen molar-refractivity contribution in [2.45, 2.75) is 51.7 Å². The Hall–Kier alpha value is -1.09. The van der Waals surface area contributed by atoms with E-state index in [4.69, 9.17) is 0 Å². The number of nitrogens with zero attached hydrogens (tertiary/aromatic N) is 1. The van der Waals surface area contributed by atoms with E-state index in [0.717, 1.165) is 25.8 Å². The maximum Gasteiger partial charge on any atom is 0.146 e. The Morgan fingerprint density at radius 2 is 2.22 bits per heavy atom. The highest BCUT2D eigenvalue weighted by atomic mass is 19.1. The van der Waals surface area contributed by atoms with Crippen molar-refractivity contribution in [2.75, 3.05) is 11.4 Å². The molecule has 1 heterocycles. The van der Waals surface area contributed by atoms with E-state index < -0.39 is 6.10 Å². The number of piperidine rings is 1. The van der Waals surface area contributed by atoms with E-state index in [9.17, 15) is 9.50 Å². The molecule has 100 valence electrons. The zero-order chi connectivity index (χ0) is 13.1. The summed E-state index contributed by atoms with van der Waals surface area (Å²) in [5.74, 6) is -0.214. The average molecular weight is 251 g/mol. The van der Waals surface area contributed by atoms with E-state index in [1.54, 1.807) is 13.0 Å². The second-order valence-electron chi connectivity index (χ2n) is 5.10. The first kappa shape index (κ1) is 13.3. The van der Waals surface area contributed by atoms with Gasteiger partial charge in [0.15, 0.2) is 0 Å². The zero-order valence-corrected chi connectivity index (χ0v) is 11.2. The van der Waals surface area contributed by atoms with Crippen LogP contribution in [0.5, 0.6) is 0 Å². The largest absolute Gasteiger partial charge is 0.389 e. The van der Waals surface area contributed by atoms with E-state index >= 15 is 0 Å². The molecule has 2 unspecified atom stereocenters. The predicted octanol–water partition coefficient (Wildman–Crippen LogP) is 3.65. The standard InChI is InChI=1S/C15H22FNO/c1-3-12-7-4-5-10-17(12)15-13(11(2)18)8-6-9-14(15)16/h6,8-9,11-12,18H,3-5,7,10H2,1-2H3. The molecule has 1 aromatic carbocycles. The van der Waals surface area contributed by atoms with E-state index in [0.29, 0.717) is 17.3 Å². The van der Waals surface area contributed by atoms with Crippen molar-refractivity contribution in [2.24, 2.45) is 0 Å². The van der Waals surface area contributed by atoms with Gasteiger partial charge in [-0.2, -0.15) is 0 Å². The molecule has 0 amide bonds. The van der Waals surface area contributed by atoms with Crippen LogP contribution in [0.2, 0.25) is 0 Å². The third-order valence-electron chi connectivity index (χ3n) is 3.85. The normalized spacial score (nSPS) is 22.0. The molecule has 2 atom stereocenters. The van der Waals surface area contributed by atoms with E-state index in [1.165, 1.54) is 12.5 Å². The van der Waals surface area contributed by atoms with Crippen LogP contribution in [0.25, 0.3) is 0 Å². The van der Waals surface area contributed by atoms with E-state index in [2.05, 4.69) is 11.8 Å². The van der Waals surface area contributed by atoms with Gasteiger partial charge in [-0.3, -0.25) is 0 Å². The second kappa shape index (κ2) is 5.70. The molecule has 2 rings (SSSR count). The van der Waals surface area contributed by atoms with Gasteiger partial charge in [0, 0.05) is 18.2 Å². The van der Waals surface area contributed by atoms with Crippen molar-refractivity contribution in [3.05, 3.63) is 29.6 Å². The Morgan fingerprint density at radius 1 is 1.44 bits per heavy atom. The summed E-state index contributed by atoms with van der Waals surface area (Å²) in [6.07, 6.45) is 3.82. The molecular formula is C15H22FNO. The number of para-hydroxylation sites is 1. The number of hydrogen-bond acceptors (Lipinski definition) is 2. The van der Waals surface area contributed by atoms with Crippen molar-refractivity contribution >= 4 is 5.69 Å². The minimum absolute atomic E-state index is 0.214. The second-order valence-corrected chi connectivity index (χ2v) is 5.10. The number of aliphatic hydroxyl groups excluding tert-OH is 1. The fourth-order valence-electron chi connectivity index (χ4n) is 2.89. The summed E-state index contributed by atoms with van der Waals surface area (Å²) < 4.78 is 14.2. The Labute approximate surface area is 108 Å². The van der Waals surface area contributed by atoms with Crippen molar-refractivity contribution < 1.29 is 9.50 Å². The summed E-state index contributed by atoms with van der Waals surface area (Å²) in [7, 11) is 0. The molecule has 0 saturated carbocycles. The van der Waals surface area contributed by atoms with Crippen LogP contribution < -0.4 is 4.90 Å². The highest BCUT2D eigenvalue weighted by Gasteiger charge is 2.26. The van der Waals surface area contributed by atoms with Gasteiger partial charge in [-0.05, 0) is 38.7 Å². The number of anilines is 1. The third-order valence-corrected chi connectivity index (χ3v) is 3.85. The van der Waals surface area contributed by atoms with Crippen LogP contribution in [0.3, 0.4) is 0 Å². The molecule has 1 fully saturated rings. The van der Waals surface area contributed by atoms with Gasteiger partial charge in [0.1, 0.15) is 5.82 Å². The SMILES string of the molecule is CCC1CCCCN1c1c(F)cccc1C(C)O. The fourth-order valence-corrected chi connectivity index (χ4v) is 2.89. The van der Waals surface area contributed by atoms with Crippen molar-refractivity contribution in [3.8, 4) is 0 Å². The van der Waals surface area contributed by atoms with Crippen molar-refractivity contribution in [1.29, 1.82) is 0 Å². The molecule has 0 spiro atoms. The third kappa shape index (κ3) is 2.51. The van der Waals surface area contributed by atoms with Gasteiger partial charge in [0.05, 0.1) is 11.8 Å². The number of benzene rings is 1. The quantitative estimate of drug-likeness (QED) is 0.886. The minimum Gasteiger partial charge on any atom is -0.389 e. The lowest BCUT2D eigenvalue weighted by atomic mass is 9.97. The van der Waals surface area contributed by atoms with E-state index in [-0.39, 0.29) is 5.82 Å². The lowest BCUT2D eigenvalue weighted by Crippen LogP contribution is -2.40. The molecule has 2 nitrogen and oxygen atoms in total. The summed E-state index contributed by atoms with van der Waals surface area (Å²) in [4.78, 5) is 2.15. The summed E-state index contributed by atoms with van der Waals surface area (Å²) >= 11 is 0. The monoisotopic (exact) mass is 251 g/mol. The molecule has 1 N–H and O–H groups in total. The number of aliphatic hydroxyl groups is 1. The smallest absolute Gasteiger partial charge is 0.146 e. The van der Waals surface area contributed by atoms with Gasteiger partial charge in [0.2, 0.25) is 0 Å². The van der Waals surface area contributed by atoms with Crippen LogP contribution in [0.15, 0.2) is 18.2 Å². The fraction of sp³-hybridized carbons (Fsp3) is 0.600.